The summed E-state index contributed by atoms with van der Waals surface area (Å²) in [6.45, 7) is 3.00. The summed E-state index contributed by atoms with van der Waals surface area (Å²) in [5.41, 5.74) is 1.08. The van der Waals surface area contributed by atoms with Crippen molar-refractivity contribution in [3.63, 3.8) is 0 Å². The van der Waals surface area contributed by atoms with E-state index in [0.29, 0.717) is 0 Å². The van der Waals surface area contributed by atoms with Crippen molar-refractivity contribution in [1.29, 1.82) is 0 Å². The van der Waals surface area contributed by atoms with Gasteiger partial charge in [-0.15, -0.1) is 0 Å². The van der Waals surface area contributed by atoms with E-state index in [4.69, 9.17) is 0 Å². The summed E-state index contributed by atoms with van der Waals surface area (Å²) in [6.07, 6.45) is 6.88. The predicted octanol–water partition coefficient (Wildman–Crippen LogP) is 3.64. The zero-order valence-corrected chi connectivity index (χ0v) is 12.3. The zero-order chi connectivity index (χ0) is 14.1. The molecular formula is C17H25NO. The maximum atomic E-state index is 12.2. The number of nitrogens with zero attached hydrogens (tertiary/aromatic N) is 1. The van der Waals surface area contributed by atoms with Crippen molar-refractivity contribution < 1.29 is 4.79 Å². The van der Waals surface area contributed by atoms with E-state index in [1.54, 1.807) is 6.08 Å². The highest BCUT2D eigenvalue weighted by molar-refractivity contribution is 5.95. The van der Waals surface area contributed by atoms with E-state index in [1.165, 1.54) is 0 Å². The summed E-state index contributed by atoms with van der Waals surface area (Å²) < 4.78 is 0. The number of hydrogen-bond donors (Lipinski definition) is 0. The predicted molar refractivity (Wildman–Crippen MR) is 82.1 cm³/mol. The molecule has 104 valence electrons. The first-order valence-electron chi connectivity index (χ1n) is 7.05. The summed E-state index contributed by atoms with van der Waals surface area (Å²) in [4.78, 5) is 14.3. The van der Waals surface area contributed by atoms with Gasteiger partial charge in [0.25, 0.3) is 0 Å². The Balaban J connectivity index is 2.62. The highest BCUT2D eigenvalue weighted by atomic mass is 16.1. The van der Waals surface area contributed by atoms with Gasteiger partial charge in [-0.05, 0) is 32.2 Å². The molecule has 1 atom stereocenters. The molecule has 0 unspecified atom stereocenters. The van der Waals surface area contributed by atoms with Crippen LogP contribution >= 0.6 is 0 Å². The zero-order valence-electron chi connectivity index (χ0n) is 12.3. The first kappa shape index (κ1) is 15.6. The first-order chi connectivity index (χ1) is 9.13. The Morgan fingerprint density at radius 2 is 1.95 bits per heavy atom. The number of allylic oxidation sites excluding steroid dienone is 1. The lowest BCUT2D eigenvalue weighted by Gasteiger charge is -2.18. The van der Waals surface area contributed by atoms with E-state index in [0.717, 1.165) is 31.4 Å². The van der Waals surface area contributed by atoms with E-state index >= 15 is 0 Å². The van der Waals surface area contributed by atoms with Crippen molar-refractivity contribution >= 4 is 11.9 Å². The minimum absolute atomic E-state index is 0.120. The van der Waals surface area contributed by atoms with Crippen molar-refractivity contribution in [2.45, 2.75) is 26.2 Å². The fraction of sp³-hybridized carbons (Fsp3) is 0.471. The maximum Gasteiger partial charge on any atom is 0.160 e. The van der Waals surface area contributed by atoms with E-state index in [9.17, 15) is 4.79 Å². The third kappa shape index (κ3) is 6.35. The number of ketones is 1. The van der Waals surface area contributed by atoms with E-state index < -0.39 is 0 Å². The summed E-state index contributed by atoms with van der Waals surface area (Å²) in [6, 6.07) is 9.97. The first-order valence-corrected chi connectivity index (χ1v) is 7.05. The summed E-state index contributed by atoms with van der Waals surface area (Å²) in [7, 11) is 4.04. The van der Waals surface area contributed by atoms with Crippen molar-refractivity contribution in [2.75, 3.05) is 20.6 Å². The number of benzene rings is 1. The topological polar surface area (TPSA) is 20.3 Å². The van der Waals surface area contributed by atoms with Crippen LogP contribution in [0.15, 0.2) is 36.4 Å². The smallest absolute Gasteiger partial charge is 0.160 e. The monoisotopic (exact) mass is 259 g/mol. The van der Waals surface area contributed by atoms with E-state index in [-0.39, 0.29) is 11.7 Å². The third-order valence-corrected chi connectivity index (χ3v) is 3.13. The fourth-order valence-corrected chi connectivity index (χ4v) is 2.09. The normalized spacial score (nSPS) is 13.1. The molecule has 2 nitrogen and oxygen atoms in total. The molecule has 0 saturated heterocycles. The van der Waals surface area contributed by atoms with Gasteiger partial charge in [0, 0.05) is 12.5 Å². The van der Waals surface area contributed by atoms with Crippen LogP contribution in [0.3, 0.4) is 0 Å². The summed E-state index contributed by atoms with van der Waals surface area (Å²) >= 11 is 0. The lowest BCUT2D eigenvalue weighted by atomic mass is 9.96. The van der Waals surface area contributed by atoms with Gasteiger partial charge >= 0.3 is 0 Å². The quantitative estimate of drug-likeness (QED) is 0.664. The highest BCUT2D eigenvalue weighted by Gasteiger charge is 2.16. The van der Waals surface area contributed by atoms with Crippen molar-refractivity contribution in [3.05, 3.63) is 42.0 Å². The average Bonchev–Trinajstić information content (AvgIpc) is 2.41. The Kier molecular flexibility index (Phi) is 7.12. The van der Waals surface area contributed by atoms with Crippen LogP contribution in [-0.2, 0) is 4.79 Å². The molecule has 2 heteroatoms. The third-order valence-electron chi connectivity index (χ3n) is 3.13. The van der Waals surface area contributed by atoms with Crippen LogP contribution in [0.4, 0.5) is 0 Å². The molecule has 0 aliphatic carbocycles. The summed E-state index contributed by atoms with van der Waals surface area (Å²) in [5.74, 6) is 0.362. The van der Waals surface area contributed by atoms with Gasteiger partial charge < -0.3 is 4.90 Å². The van der Waals surface area contributed by atoms with Crippen LogP contribution in [0.1, 0.15) is 31.7 Å². The number of carbonyl (C=O) groups excluding carboxylic acids is 1. The van der Waals surface area contributed by atoms with Crippen LogP contribution in [0, 0.1) is 5.92 Å². The minimum atomic E-state index is 0.120. The van der Waals surface area contributed by atoms with Gasteiger partial charge in [-0.2, -0.15) is 0 Å². The minimum Gasteiger partial charge on any atom is -0.309 e. The number of hydrogen-bond acceptors (Lipinski definition) is 2. The highest BCUT2D eigenvalue weighted by Crippen LogP contribution is 2.13. The SMILES string of the molecule is CCCC[C@H](CN(C)C)C(=O)/C=C\c1ccccc1. The Morgan fingerprint density at radius 3 is 2.53 bits per heavy atom. The van der Waals surface area contributed by atoms with Gasteiger partial charge in [0.05, 0.1) is 0 Å². The molecule has 1 rings (SSSR count). The van der Waals surface area contributed by atoms with Gasteiger partial charge in [0.1, 0.15) is 0 Å². The fourth-order valence-electron chi connectivity index (χ4n) is 2.09. The molecule has 1 aromatic carbocycles. The maximum absolute atomic E-state index is 12.2. The molecular weight excluding hydrogens is 234 g/mol. The lowest BCUT2D eigenvalue weighted by Crippen LogP contribution is -2.27. The molecule has 0 radical (unpaired) electrons. The second kappa shape index (κ2) is 8.65. The molecule has 0 bridgehead atoms. The Bertz CT molecular complexity index is 395. The molecule has 1 aromatic rings. The molecule has 0 amide bonds. The van der Waals surface area contributed by atoms with E-state index in [1.807, 2.05) is 50.5 Å². The van der Waals surface area contributed by atoms with Crippen LogP contribution in [0.2, 0.25) is 0 Å². The van der Waals surface area contributed by atoms with Crippen molar-refractivity contribution in [1.82, 2.24) is 4.90 Å². The average molecular weight is 259 g/mol. The Morgan fingerprint density at radius 1 is 1.26 bits per heavy atom. The molecule has 0 N–H and O–H groups in total. The second-order valence-corrected chi connectivity index (χ2v) is 5.25. The number of carbonyl (C=O) groups is 1. The van der Waals surface area contributed by atoms with Crippen LogP contribution in [0.5, 0.6) is 0 Å². The van der Waals surface area contributed by atoms with Gasteiger partial charge in [-0.25, -0.2) is 0 Å². The van der Waals surface area contributed by atoms with Gasteiger partial charge in [0.15, 0.2) is 5.78 Å². The van der Waals surface area contributed by atoms with Crippen LogP contribution < -0.4 is 0 Å². The molecule has 0 heterocycles. The number of rotatable bonds is 8. The second-order valence-electron chi connectivity index (χ2n) is 5.25. The largest absolute Gasteiger partial charge is 0.309 e. The summed E-state index contributed by atoms with van der Waals surface area (Å²) in [5, 5.41) is 0. The molecule has 0 spiro atoms. The van der Waals surface area contributed by atoms with Crippen LogP contribution in [-0.4, -0.2) is 31.3 Å². The lowest BCUT2D eigenvalue weighted by molar-refractivity contribution is -0.118. The van der Waals surface area contributed by atoms with Gasteiger partial charge in [-0.3, -0.25) is 4.79 Å². The molecule has 0 aromatic heterocycles. The van der Waals surface area contributed by atoms with E-state index in [2.05, 4.69) is 11.8 Å². The molecule has 0 aliphatic heterocycles. The molecule has 0 fully saturated rings. The molecule has 19 heavy (non-hydrogen) atoms. The van der Waals surface area contributed by atoms with Gasteiger partial charge in [-0.1, -0.05) is 56.2 Å². The Hall–Kier alpha value is -1.41. The van der Waals surface area contributed by atoms with Gasteiger partial charge in [0.2, 0.25) is 0 Å². The molecule has 0 saturated carbocycles. The van der Waals surface area contributed by atoms with Crippen molar-refractivity contribution in [2.24, 2.45) is 5.92 Å². The van der Waals surface area contributed by atoms with Crippen molar-refractivity contribution in [3.8, 4) is 0 Å². The molecule has 0 aliphatic rings. The van der Waals surface area contributed by atoms with Crippen LogP contribution in [0.25, 0.3) is 6.08 Å². The Labute approximate surface area is 117 Å². The number of unbranched alkanes of at least 4 members (excludes halogenated alkanes) is 1. The standard InChI is InChI=1S/C17H25NO/c1-4-5-11-16(14-18(2)3)17(19)13-12-15-9-7-6-8-10-15/h6-10,12-13,16H,4-5,11,14H2,1-3H3/b13-12-/t16-/m1/s1.